The molecular formula is C14H16Cl3N3O4. The summed E-state index contributed by atoms with van der Waals surface area (Å²) in [6.45, 7) is 3.77. The van der Waals surface area contributed by atoms with Crippen LogP contribution in [0.1, 0.15) is 30.8 Å². The maximum Gasteiger partial charge on any atom is 0.359 e. The number of amides is 3. The van der Waals surface area contributed by atoms with E-state index in [0.29, 0.717) is 12.5 Å². The van der Waals surface area contributed by atoms with Crippen molar-refractivity contribution in [3.05, 3.63) is 27.0 Å². The van der Waals surface area contributed by atoms with Crippen LogP contribution in [0.3, 0.4) is 0 Å². The van der Waals surface area contributed by atoms with E-state index in [9.17, 15) is 14.4 Å². The van der Waals surface area contributed by atoms with Crippen LogP contribution in [0.4, 0.5) is 4.79 Å². The number of esters is 1. The van der Waals surface area contributed by atoms with E-state index in [1.165, 1.54) is 0 Å². The molecule has 0 aromatic carbocycles. The summed E-state index contributed by atoms with van der Waals surface area (Å²) in [5.41, 5.74) is -0.278. The van der Waals surface area contributed by atoms with Crippen molar-refractivity contribution >= 4 is 52.7 Å². The number of nitrogens with one attached hydrogen (secondary N) is 2. The highest BCUT2D eigenvalue weighted by Gasteiger charge is 2.19. The zero-order chi connectivity index (χ0) is 18.3. The average Bonchev–Trinajstić information content (AvgIpc) is 2.50. The number of carbonyl (C=O) groups is 3. The van der Waals surface area contributed by atoms with E-state index in [-0.39, 0.29) is 20.8 Å². The lowest BCUT2D eigenvalue weighted by Gasteiger charge is -2.09. The number of pyridine rings is 1. The normalized spacial score (nSPS) is 10.4. The summed E-state index contributed by atoms with van der Waals surface area (Å²) in [5.74, 6) is -1.33. The summed E-state index contributed by atoms with van der Waals surface area (Å²) in [7, 11) is 0. The first-order chi connectivity index (χ1) is 11.2. The molecule has 7 nitrogen and oxygen atoms in total. The van der Waals surface area contributed by atoms with Crippen LogP contribution >= 0.6 is 34.8 Å². The van der Waals surface area contributed by atoms with Crippen molar-refractivity contribution in [3.63, 3.8) is 0 Å². The third-order valence-corrected chi connectivity index (χ3v) is 3.95. The van der Waals surface area contributed by atoms with E-state index < -0.39 is 24.5 Å². The molecule has 0 unspecified atom stereocenters. The molecule has 0 aliphatic rings. The molecule has 1 rings (SSSR count). The first-order valence-corrected chi connectivity index (χ1v) is 8.10. The third-order valence-electron chi connectivity index (χ3n) is 2.71. The van der Waals surface area contributed by atoms with Gasteiger partial charge in [-0.25, -0.2) is 14.6 Å². The van der Waals surface area contributed by atoms with Gasteiger partial charge in [-0.05, 0) is 12.3 Å². The maximum absolute atomic E-state index is 11.8. The van der Waals surface area contributed by atoms with E-state index in [0.717, 1.165) is 12.6 Å². The highest BCUT2D eigenvalue weighted by atomic mass is 35.5. The molecular weight excluding hydrogens is 381 g/mol. The second-order valence-corrected chi connectivity index (χ2v) is 6.31. The average molecular weight is 397 g/mol. The summed E-state index contributed by atoms with van der Waals surface area (Å²) < 4.78 is 4.73. The van der Waals surface area contributed by atoms with E-state index >= 15 is 0 Å². The first kappa shape index (κ1) is 20.5. The number of hydrogen-bond acceptors (Lipinski definition) is 5. The number of halogens is 3. The van der Waals surface area contributed by atoms with Crippen molar-refractivity contribution in [1.82, 2.24) is 15.6 Å². The van der Waals surface area contributed by atoms with Crippen LogP contribution in [0.2, 0.25) is 15.1 Å². The van der Waals surface area contributed by atoms with Crippen molar-refractivity contribution in [2.24, 2.45) is 5.92 Å². The molecule has 0 saturated carbocycles. The number of imide groups is 1. The van der Waals surface area contributed by atoms with Gasteiger partial charge in [0, 0.05) is 12.7 Å². The third kappa shape index (κ3) is 6.51. The molecule has 0 spiro atoms. The molecule has 132 valence electrons. The zero-order valence-corrected chi connectivity index (χ0v) is 15.3. The van der Waals surface area contributed by atoms with Crippen LogP contribution in [-0.4, -0.2) is 36.0 Å². The highest BCUT2D eigenvalue weighted by molar-refractivity contribution is 6.48. The number of urea groups is 1. The lowest BCUT2D eigenvalue weighted by molar-refractivity contribution is -0.123. The standard InChI is InChI=1S/C14H16Cl3N3O4/c1-7(2)3-4-18-14(23)20-9(21)6-24-13(22)12-11(17)10(16)8(15)5-19-12/h5,7H,3-4,6H2,1-2H3,(H2,18,20,21,23). The fourth-order valence-corrected chi connectivity index (χ4v) is 2.02. The molecule has 1 aromatic rings. The molecule has 0 saturated heterocycles. The second-order valence-electron chi connectivity index (χ2n) is 5.15. The van der Waals surface area contributed by atoms with Crippen LogP contribution in [-0.2, 0) is 9.53 Å². The lowest BCUT2D eigenvalue weighted by Crippen LogP contribution is -2.42. The van der Waals surface area contributed by atoms with Gasteiger partial charge >= 0.3 is 12.0 Å². The number of ether oxygens (including phenoxy) is 1. The number of rotatable bonds is 6. The van der Waals surface area contributed by atoms with Gasteiger partial charge in [0.05, 0.1) is 15.1 Å². The molecule has 0 aliphatic heterocycles. The van der Waals surface area contributed by atoms with Crippen LogP contribution in [0.25, 0.3) is 0 Å². The van der Waals surface area contributed by atoms with Gasteiger partial charge in [-0.3, -0.25) is 10.1 Å². The maximum atomic E-state index is 11.8. The predicted molar refractivity (Wildman–Crippen MR) is 90.5 cm³/mol. The summed E-state index contributed by atoms with van der Waals surface area (Å²) in [6.07, 6.45) is 1.91. The largest absolute Gasteiger partial charge is 0.451 e. The smallest absolute Gasteiger partial charge is 0.359 e. The molecule has 2 N–H and O–H groups in total. The van der Waals surface area contributed by atoms with Gasteiger partial charge in [0.1, 0.15) is 0 Å². The van der Waals surface area contributed by atoms with E-state index in [1.807, 2.05) is 19.2 Å². The summed E-state index contributed by atoms with van der Waals surface area (Å²) >= 11 is 17.3. The molecule has 3 amide bonds. The molecule has 0 fully saturated rings. The number of carbonyl (C=O) groups excluding carboxylic acids is 3. The molecule has 0 atom stereocenters. The number of hydrogen-bond donors (Lipinski definition) is 2. The van der Waals surface area contributed by atoms with Gasteiger partial charge in [-0.2, -0.15) is 0 Å². The van der Waals surface area contributed by atoms with Crippen LogP contribution in [0, 0.1) is 5.92 Å². The fourth-order valence-electron chi connectivity index (χ4n) is 1.47. The van der Waals surface area contributed by atoms with Gasteiger partial charge in [-0.15, -0.1) is 0 Å². The van der Waals surface area contributed by atoms with Crippen molar-refractivity contribution in [2.45, 2.75) is 20.3 Å². The first-order valence-electron chi connectivity index (χ1n) is 6.96. The van der Waals surface area contributed by atoms with Crippen molar-refractivity contribution in [3.8, 4) is 0 Å². The van der Waals surface area contributed by atoms with Crippen LogP contribution < -0.4 is 10.6 Å². The quantitative estimate of drug-likeness (QED) is 0.720. The van der Waals surface area contributed by atoms with E-state index in [2.05, 4.69) is 10.3 Å². The molecule has 1 heterocycles. The highest BCUT2D eigenvalue weighted by Crippen LogP contribution is 2.31. The molecule has 0 radical (unpaired) electrons. The molecule has 10 heteroatoms. The van der Waals surface area contributed by atoms with Gasteiger partial charge in [0.15, 0.2) is 12.3 Å². The van der Waals surface area contributed by atoms with Gasteiger partial charge in [0.2, 0.25) is 0 Å². The minimum absolute atomic E-state index is 0.0470. The lowest BCUT2D eigenvalue weighted by atomic mass is 10.1. The van der Waals surface area contributed by atoms with Crippen molar-refractivity contribution < 1.29 is 19.1 Å². The van der Waals surface area contributed by atoms with Gasteiger partial charge in [-0.1, -0.05) is 48.7 Å². The Morgan fingerprint density at radius 1 is 1.21 bits per heavy atom. The Morgan fingerprint density at radius 3 is 2.50 bits per heavy atom. The molecule has 0 bridgehead atoms. The monoisotopic (exact) mass is 395 g/mol. The Bertz CT molecular complexity index is 638. The Labute approximate surface area is 154 Å². The minimum Gasteiger partial charge on any atom is -0.451 e. The molecule has 24 heavy (non-hydrogen) atoms. The van der Waals surface area contributed by atoms with Gasteiger partial charge < -0.3 is 10.1 Å². The van der Waals surface area contributed by atoms with E-state index in [1.54, 1.807) is 0 Å². The van der Waals surface area contributed by atoms with Crippen molar-refractivity contribution in [2.75, 3.05) is 13.2 Å². The summed E-state index contributed by atoms with van der Waals surface area (Å²) in [5, 5.41) is 4.39. The number of nitrogens with zero attached hydrogens (tertiary/aromatic N) is 1. The fraction of sp³-hybridized carbons (Fsp3) is 0.429. The number of aromatic nitrogens is 1. The molecule has 1 aromatic heterocycles. The Morgan fingerprint density at radius 2 is 1.88 bits per heavy atom. The molecule has 0 aliphatic carbocycles. The minimum atomic E-state index is -0.964. The van der Waals surface area contributed by atoms with Crippen LogP contribution in [0.15, 0.2) is 6.20 Å². The Hall–Kier alpha value is -1.57. The topological polar surface area (TPSA) is 97.4 Å². The van der Waals surface area contributed by atoms with Gasteiger partial charge in [0.25, 0.3) is 5.91 Å². The Kier molecular flexibility index (Phi) is 8.24. The Balaban J connectivity index is 2.46. The SMILES string of the molecule is CC(C)CCNC(=O)NC(=O)COC(=O)c1ncc(Cl)c(Cl)c1Cl. The predicted octanol–water partition coefficient (Wildman–Crippen LogP) is 3.07. The van der Waals surface area contributed by atoms with Crippen molar-refractivity contribution in [1.29, 1.82) is 0 Å². The summed E-state index contributed by atoms with van der Waals surface area (Å²) in [6, 6.07) is -0.664. The summed E-state index contributed by atoms with van der Waals surface area (Å²) in [4.78, 5) is 38.5. The zero-order valence-electron chi connectivity index (χ0n) is 13.0. The second kappa shape index (κ2) is 9.66. The van der Waals surface area contributed by atoms with E-state index in [4.69, 9.17) is 39.5 Å². The van der Waals surface area contributed by atoms with Crippen LogP contribution in [0.5, 0.6) is 0 Å².